The van der Waals surface area contributed by atoms with E-state index < -0.39 is 0 Å². The third-order valence-electron chi connectivity index (χ3n) is 4.77. The Bertz CT molecular complexity index is 911. The van der Waals surface area contributed by atoms with E-state index in [1.54, 1.807) is 24.4 Å². The molecule has 2 aromatic carbocycles. The van der Waals surface area contributed by atoms with Crippen molar-refractivity contribution in [2.75, 3.05) is 7.11 Å². The maximum Gasteiger partial charge on any atom is 0.318 e. The zero-order valence-electron chi connectivity index (χ0n) is 17.0. The topological polar surface area (TPSA) is 54.5 Å². The fourth-order valence-corrected chi connectivity index (χ4v) is 3.08. The van der Waals surface area contributed by atoms with E-state index in [0.717, 1.165) is 28.9 Å². The van der Waals surface area contributed by atoms with E-state index in [1.807, 2.05) is 36.4 Å². The quantitative estimate of drug-likeness (QED) is 0.614. The number of rotatable bonds is 8. The summed E-state index contributed by atoms with van der Waals surface area (Å²) in [6.07, 6.45) is 4.53. The summed E-state index contributed by atoms with van der Waals surface area (Å²) in [5.41, 5.74) is 4.37. The number of nitrogens with zero attached hydrogens (tertiary/aromatic N) is 2. The zero-order valence-corrected chi connectivity index (χ0v) is 17.0. The Morgan fingerprint density at radius 1 is 0.966 bits per heavy atom. The molecule has 0 saturated carbocycles. The molecule has 0 atom stereocenters. The van der Waals surface area contributed by atoms with Gasteiger partial charge in [0.1, 0.15) is 5.75 Å². The Morgan fingerprint density at radius 2 is 1.69 bits per heavy atom. The van der Waals surface area contributed by atoms with Gasteiger partial charge in [-0.3, -0.25) is 4.98 Å². The van der Waals surface area contributed by atoms with E-state index in [0.29, 0.717) is 19.6 Å². The Labute approximate surface area is 172 Å². The van der Waals surface area contributed by atoms with E-state index >= 15 is 0 Å². The van der Waals surface area contributed by atoms with Gasteiger partial charge in [-0.1, -0.05) is 49.4 Å². The van der Waals surface area contributed by atoms with E-state index in [2.05, 4.69) is 41.5 Å². The fraction of sp³-hybridized carbons (Fsp3) is 0.250. The highest BCUT2D eigenvalue weighted by Gasteiger charge is 2.15. The Morgan fingerprint density at radius 3 is 2.38 bits per heavy atom. The largest absolute Gasteiger partial charge is 0.497 e. The summed E-state index contributed by atoms with van der Waals surface area (Å²) in [5, 5.41) is 3.02. The molecule has 0 unspecified atom stereocenters. The summed E-state index contributed by atoms with van der Waals surface area (Å²) in [6, 6.07) is 19.9. The van der Waals surface area contributed by atoms with Crippen LogP contribution in [0.2, 0.25) is 0 Å². The first kappa shape index (κ1) is 20.4. The summed E-state index contributed by atoms with van der Waals surface area (Å²) in [6.45, 7) is 3.60. The van der Waals surface area contributed by atoms with Crippen molar-refractivity contribution < 1.29 is 9.53 Å². The first-order valence-electron chi connectivity index (χ1n) is 9.80. The molecular formula is C24H27N3O2. The van der Waals surface area contributed by atoms with Crippen molar-refractivity contribution >= 4 is 6.03 Å². The number of ether oxygens (including phenoxy) is 1. The molecule has 5 heteroatoms. The first-order chi connectivity index (χ1) is 14.2. The molecule has 1 N–H and O–H groups in total. The summed E-state index contributed by atoms with van der Waals surface area (Å²) >= 11 is 0. The first-order valence-corrected chi connectivity index (χ1v) is 9.80. The van der Waals surface area contributed by atoms with Crippen molar-refractivity contribution in [3.8, 4) is 5.75 Å². The van der Waals surface area contributed by atoms with Gasteiger partial charge >= 0.3 is 6.03 Å². The van der Waals surface area contributed by atoms with Crippen LogP contribution < -0.4 is 10.1 Å². The van der Waals surface area contributed by atoms with Crippen LogP contribution in [0.4, 0.5) is 4.79 Å². The van der Waals surface area contributed by atoms with Crippen LogP contribution in [0.3, 0.4) is 0 Å². The standard InChI is InChI=1S/C24H27N3O2/c1-3-19-9-11-20(12-10-19)17-27(18-22-7-5-13-25-15-22)24(28)26-16-21-6-4-8-23(14-21)29-2/h4-15H,3,16-18H2,1-2H3,(H,26,28). The van der Waals surface area contributed by atoms with Gasteiger partial charge in [0.05, 0.1) is 7.11 Å². The number of aromatic nitrogens is 1. The number of nitrogens with one attached hydrogen (secondary N) is 1. The maximum absolute atomic E-state index is 13.0. The third kappa shape index (κ3) is 6.07. The van der Waals surface area contributed by atoms with E-state index in [4.69, 9.17) is 4.74 Å². The molecule has 0 aliphatic heterocycles. The van der Waals surface area contributed by atoms with E-state index in [-0.39, 0.29) is 6.03 Å². The average molecular weight is 389 g/mol. The number of urea groups is 1. The lowest BCUT2D eigenvalue weighted by Gasteiger charge is -2.23. The maximum atomic E-state index is 13.0. The second-order valence-corrected chi connectivity index (χ2v) is 6.90. The second kappa shape index (κ2) is 10.3. The Balaban J connectivity index is 1.70. The molecule has 0 spiro atoms. The molecular weight excluding hydrogens is 362 g/mol. The van der Waals surface area contributed by atoms with Crippen LogP contribution in [-0.2, 0) is 26.1 Å². The van der Waals surface area contributed by atoms with Crippen molar-refractivity contribution in [3.63, 3.8) is 0 Å². The predicted octanol–water partition coefficient (Wildman–Crippen LogP) is 4.56. The lowest BCUT2D eigenvalue weighted by atomic mass is 10.1. The highest BCUT2D eigenvalue weighted by molar-refractivity contribution is 5.74. The monoisotopic (exact) mass is 389 g/mol. The SMILES string of the molecule is CCc1ccc(CN(Cc2cccnc2)C(=O)NCc2cccc(OC)c2)cc1. The lowest BCUT2D eigenvalue weighted by molar-refractivity contribution is 0.191. The van der Waals surface area contributed by atoms with Gasteiger partial charge in [-0.2, -0.15) is 0 Å². The molecule has 1 aromatic heterocycles. The number of aryl methyl sites for hydroxylation is 1. The van der Waals surface area contributed by atoms with Crippen LogP contribution in [0, 0.1) is 0 Å². The molecule has 3 aromatic rings. The fourth-order valence-electron chi connectivity index (χ4n) is 3.08. The van der Waals surface area contributed by atoms with Crippen LogP contribution in [0.25, 0.3) is 0 Å². The summed E-state index contributed by atoms with van der Waals surface area (Å²) in [7, 11) is 1.64. The number of hydrogen-bond donors (Lipinski definition) is 1. The number of carbonyl (C=O) groups is 1. The average Bonchev–Trinajstić information content (AvgIpc) is 2.78. The molecule has 1 heterocycles. The van der Waals surface area contributed by atoms with Gasteiger partial charge in [-0.15, -0.1) is 0 Å². The number of pyridine rings is 1. The molecule has 0 aliphatic rings. The van der Waals surface area contributed by atoms with Crippen molar-refractivity contribution in [1.82, 2.24) is 15.2 Å². The molecule has 5 nitrogen and oxygen atoms in total. The van der Waals surface area contributed by atoms with Crippen LogP contribution in [0.1, 0.15) is 29.2 Å². The number of amides is 2. The van der Waals surface area contributed by atoms with Crippen molar-refractivity contribution in [2.24, 2.45) is 0 Å². The second-order valence-electron chi connectivity index (χ2n) is 6.90. The van der Waals surface area contributed by atoms with Gasteiger partial charge < -0.3 is 15.0 Å². The van der Waals surface area contributed by atoms with Gasteiger partial charge in [0.15, 0.2) is 0 Å². The van der Waals surface area contributed by atoms with Gasteiger partial charge in [-0.25, -0.2) is 4.79 Å². The number of methoxy groups -OCH3 is 1. The van der Waals surface area contributed by atoms with Gasteiger partial charge in [-0.05, 0) is 46.9 Å². The van der Waals surface area contributed by atoms with Gasteiger partial charge in [0.2, 0.25) is 0 Å². The molecule has 0 fully saturated rings. The summed E-state index contributed by atoms with van der Waals surface area (Å²) in [5.74, 6) is 0.778. The summed E-state index contributed by atoms with van der Waals surface area (Å²) < 4.78 is 5.26. The highest BCUT2D eigenvalue weighted by Crippen LogP contribution is 2.14. The molecule has 0 radical (unpaired) electrons. The predicted molar refractivity (Wildman–Crippen MR) is 115 cm³/mol. The smallest absolute Gasteiger partial charge is 0.318 e. The third-order valence-corrected chi connectivity index (χ3v) is 4.77. The molecule has 29 heavy (non-hydrogen) atoms. The van der Waals surface area contributed by atoms with Crippen LogP contribution >= 0.6 is 0 Å². The number of benzene rings is 2. The van der Waals surface area contributed by atoms with Crippen LogP contribution in [0.5, 0.6) is 5.75 Å². The zero-order chi connectivity index (χ0) is 20.5. The van der Waals surface area contributed by atoms with E-state index in [1.165, 1.54) is 5.56 Å². The Hall–Kier alpha value is -3.34. The lowest BCUT2D eigenvalue weighted by Crippen LogP contribution is -2.38. The normalized spacial score (nSPS) is 10.4. The van der Waals surface area contributed by atoms with Crippen LogP contribution in [-0.4, -0.2) is 23.0 Å². The highest BCUT2D eigenvalue weighted by atomic mass is 16.5. The van der Waals surface area contributed by atoms with Crippen molar-refractivity contribution in [2.45, 2.75) is 33.0 Å². The van der Waals surface area contributed by atoms with Gasteiger partial charge in [0, 0.05) is 32.0 Å². The Kier molecular flexibility index (Phi) is 7.22. The molecule has 3 rings (SSSR count). The van der Waals surface area contributed by atoms with Crippen LogP contribution in [0.15, 0.2) is 73.1 Å². The molecule has 0 saturated heterocycles. The minimum Gasteiger partial charge on any atom is -0.497 e. The molecule has 0 aliphatic carbocycles. The molecule has 150 valence electrons. The van der Waals surface area contributed by atoms with E-state index in [9.17, 15) is 4.79 Å². The number of carbonyl (C=O) groups excluding carboxylic acids is 1. The summed E-state index contributed by atoms with van der Waals surface area (Å²) in [4.78, 5) is 18.9. The minimum absolute atomic E-state index is 0.115. The van der Waals surface area contributed by atoms with Gasteiger partial charge in [0.25, 0.3) is 0 Å². The molecule has 2 amide bonds. The van der Waals surface area contributed by atoms with Crippen molar-refractivity contribution in [1.29, 1.82) is 0 Å². The molecule has 0 bridgehead atoms. The number of hydrogen-bond acceptors (Lipinski definition) is 3. The van der Waals surface area contributed by atoms with Crippen molar-refractivity contribution in [3.05, 3.63) is 95.3 Å². The minimum atomic E-state index is -0.115.